The van der Waals surface area contributed by atoms with E-state index in [2.05, 4.69) is 23.3 Å². The molecule has 6 heteroatoms. The summed E-state index contributed by atoms with van der Waals surface area (Å²) < 4.78 is 1.75. The standard InChI is InChI=1S/C23H30N4O2/c1-17-11-15-26(16-12-17)23(29)21-25-20(19-9-5-6-14-27(19)21)22(28)24-13-10-18-7-3-2-4-8-18/h5-7,9,14,17H,2-4,8,10-13,15-16H2,1H3,(H,24,28). The van der Waals surface area contributed by atoms with E-state index in [1.165, 1.54) is 18.4 Å². The monoisotopic (exact) mass is 394 g/mol. The number of carbonyl (C=O) groups is 2. The van der Waals surface area contributed by atoms with Crippen LogP contribution in [0.1, 0.15) is 73.0 Å². The molecule has 2 aromatic rings. The van der Waals surface area contributed by atoms with Gasteiger partial charge in [0, 0.05) is 25.8 Å². The SMILES string of the molecule is CC1CCN(C(=O)c2nc(C(=O)NCCC3=CCCCC3)c3ccccn23)CC1. The lowest BCUT2D eigenvalue weighted by Gasteiger charge is -2.29. The number of carbonyl (C=O) groups excluding carboxylic acids is 2. The van der Waals surface area contributed by atoms with Crippen LogP contribution in [0.25, 0.3) is 5.52 Å². The van der Waals surface area contributed by atoms with Gasteiger partial charge >= 0.3 is 0 Å². The molecule has 154 valence electrons. The van der Waals surface area contributed by atoms with Gasteiger partial charge < -0.3 is 10.2 Å². The summed E-state index contributed by atoms with van der Waals surface area (Å²) in [6, 6.07) is 5.58. The largest absolute Gasteiger partial charge is 0.350 e. The first kappa shape index (κ1) is 19.7. The summed E-state index contributed by atoms with van der Waals surface area (Å²) in [5.41, 5.74) is 2.44. The van der Waals surface area contributed by atoms with Crippen LogP contribution in [0.15, 0.2) is 36.0 Å². The number of imidazole rings is 1. The average molecular weight is 395 g/mol. The van der Waals surface area contributed by atoms with Crippen LogP contribution in [-0.2, 0) is 0 Å². The number of fused-ring (bicyclic) bond motifs is 1. The van der Waals surface area contributed by atoms with Gasteiger partial charge in [-0.05, 0) is 63.0 Å². The van der Waals surface area contributed by atoms with E-state index in [9.17, 15) is 9.59 Å². The maximum absolute atomic E-state index is 13.1. The number of hydrogen-bond acceptors (Lipinski definition) is 3. The quantitative estimate of drug-likeness (QED) is 0.784. The van der Waals surface area contributed by atoms with Gasteiger partial charge in [-0.25, -0.2) is 4.98 Å². The van der Waals surface area contributed by atoms with Gasteiger partial charge in [0.05, 0.1) is 5.52 Å². The summed E-state index contributed by atoms with van der Waals surface area (Å²) in [7, 11) is 0. The minimum absolute atomic E-state index is 0.0930. The van der Waals surface area contributed by atoms with Crippen molar-refractivity contribution < 1.29 is 9.59 Å². The zero-order valence-corrected chi connectivity index (χ0v) is 17.2. The molecule has 2 aliphatic rings. The Morgan fingerprint density at radius 1 is 1.21 bits per heavy atom. The zero-order valence-electron chi connectivity index (χ0n) is 17.2. The van der Waals surface area contributed by atoms with Crippen LogP contribution < -0.4 is 5.32 Å². The number of nitrogens with one attached hydrogen (secondary N) is 1. The van der Waals surface area contributed by atoms with Crippen molar-refractivity contribution in [3.05, 3.63) is 47.6 Å². The molecule has 1 aliphatic carbocycles. The lowest BCUT2D eigenvalue weighted by Crippen LogP contribution is -2.38. The molecular weight excluding hydrogens is 364 g/mol. The lowest BCUT2D eigenvalue weighted by molar-refractivity contribution is 0.0684. The van der Waals surface area contributed by atoms with Gasteiger partial charge in [0.25, 0.3) is 11.8 Å². The molecule has 0 bridgehead atoms. The predicted octanol–water partition coefficient (Wildman–Crippen LogP) is 3.83. The molecular formula is C23H30N4O2. The minimum atomic E-state index is -0.212. The van der Waals surface area contributed by atoms with Crippen molar-refractivity contribution in [3.8, 4) is 0 Å². The Balaban J connectivity index is 1.50. The van der Waals surface area contributed by atoms with Crippen molar-refractivity contribution >= 4 is 17.3 Å². The van der Waals surface area contributed by atoms with Crippen LogP contribution in [0.4, 0.5) is 0 Å². The number of allylic oxidation sites excluding steroid dienone is 1. The number of rotatable bonds is 5. The van der Waals surface area contributed by atoms with Gasteiger partial charge in [-0.2, -0.15) is 0 Å². The molecule has 1 saturated heterocycles. The summed E-state index contributed by atoms with van der Waals surface area (Å²) in [5, 5.41) is 3.00. The maximum Gasteiger partial charge on any atom is 0.290 e. The smallest absolute Gasteiger partial charge is 0.290 e. The Morgan fingerprint density at radius 3 is 2.79 bits per heavy atom. The van der Waals surface area contributed by atoms with Gasteiger partial charge in [0.15, 0.2) is 5.69 Å². The molecule has 1 fully saturated rings. The fourth-order valence-corrected chi connectivity index (χ4v) is 4.26. The molecule has 0 saturated carbocycles. The van der Waals surface area contributed by atoms with E-state index in [1.54, 1.807) is 4.40 Å². The van der Waals surface area contributed by atoms with E-state index in [-0.39, 0.29) is 11.8 Å². The maximum atomic E-state index is 13.1. The van der Waals surface area contributed by atoms with E-state index in [1.807, 2.05) is 29.3 Å². The summed E-state index contributed by atoms with van der Waals surface area (Å²) in [5.74, 6) is 0.674. The van der Waals surface area contributed by atoms with Crippen molar-refractivity contribution in [1.82, 2.24) is 19.6 Å². The lowest BCUT2D eigenvalue weighted by atomic mass is 9.97. The van der Waals surface area contributed by atoms with Crippen molar-refractivity contribution in [3.63, 3.8) is 0 Å². The minimum Gasteiger partial charge on any atom is -0.350 e. The molecule has 29 heavy (non-hydrogen) atoms. The Morgan fingerprint density at radius 2 is 2.03 bits per heavy atom. The van der Waals surface area contributed by atoms with Crippen LogP contribution in [-0.4, -0.2) is 45.7 Å². The van der Waals surface area contributed by atoms with Crippen LogP contribution in [0.5, 0.6) is 0 Å². The summed E-state index contributed by atoms with van der Waals surface area (Å²) in [6.07, 6.45) is 11.8. The molecule has 0 atom stereocenters. The van der Waals surface area contributed by atoms with Crippen LogP contribution in [0, 0.1) is 5.92 Å². The molecule has 6 nitrogen and oxygen atoms in total. The number of amides is 2. The zero-order chi connectivity index (χ0) is 20.2. The third-order valence-corrected chi connectivity index (χ3v) is 6.14. The highest BCUT2D eigenvalue weighted by atomic mass is 16.2. The van der Waals surface area contributed by atoms with E-state index in [0.29, 0.717) is 29.5 Å². The Kier molecular flexibility index (Phi) is 5.97. The molecule has 4 rings (SSSR count). The first-order valence-corrected chi connectivity index (χ1v) is 10.9. The molecule has 3 heterocycles. The third-order valence-electron chi connectivity index (χ3n) is 6.14. The second kappa shape index (κ2) is 8.80. The van der Waals surface area contributed by atoms with Gasteiger partial charge in [-0.15, -0.1) is 0 Å². The second-order valence-electron chi connectivity index (χ2n) is 8.33. The molecule has 0 radical (unpaired) electrons. The molecule has 1 N–H and O–H groups in total. The molecule has 0 unspecified atom stereocenters. The van der Waals surface area contributed by atoms with Crippen molar-refractivity contribution in [2.75, 3.05) is 19.6 Å². The predicted molar refractivity (Wildman–Crippen MR) is 113 cm³/mol. The van der Waals surface area contributed by atoms with E-state index >= 15 is 0 Å². The first-order chi connectivity index (χ1) is 14.1. The van der Waals surface area contributed by atoms with Crippen LogP contribution in [0.3, 0.4) is 0 Å². The highest BCUT2D eigenvalue weighted by Crippen LogP contribution is 2.21. The number of piperidine rings is 1. The van der Waals surface area contributed by atoms with Gasteiger partial charge in [-0.1, -0.05) is 24.6 Å². The van der Waals surface area contributed by atoms with Gasteiger partial charge in [0.2, 0.25) is 5.82 Å². The van der Waals surface area contributed by atoms with Crippen molar-refractivity contribution in [1.29, 1.82) is 0 Å². The molecule has 2 aromatic heterocycles. The number of likely N-dealkylation sites (tertiary alicyclic amines) is 1. The van der Waals surface area contributed by atoms with E-state index in [0.717, 1.165) is 45.2 Å². The average Bonchev–Trinajstić information content (AvgIpc) is 3.14. The number of nitrogens with zero attached hydrogens (tertiary/aromatic N) is 3. The molecule has 0 aromatic carbocycles. The third kappa shape index (κ3) is 4.36. The summed E-state index contributed by atoms with van der Waals surface area (Å²) >= 11 is 0. The number of aromatic nitrogens is 2. The van der Waals surface area contributed by atoms with Crippen LogP contribution >= 0.6 is 0 Å². The highest BCUT2D eigenvalue weighted by molar-refractivity contribution is 6.02. The normalized spacial score (nSPS) is 18.0. The number of pyridine rings is 1. The highest BCUT2D eigenvalue weighted by Gasteiger charge is 2.27. The van der Waals surface area contributed by atoms with Crippen molar-refractivity contribution in [2.24, 2.45) is 5.92 Å². The van der Waals surface area contributed by atoms with Gasteiger partial charge in [-0.3, -0.25) is 14.0 Å². The van der Waals surface area contributed by atoms with E-state index < -0.39 is 0 Å². The summed E-state index contributed by atoms with van der Waals surface area (Å²) in [6.45, 7) is 4.32. The Labute approximate surface area is 172 Å². The molecule has 2 amide bonds. The van der Waals surface area contributed by atoms with Crippen molar-refractivity contribution in [2.45, 2.75) is 51.9 Å². The fourth-order valence-electron chi connectivity index (χ4n) is 4.26. The topological polar surface area (TPSA) is 66.7 Å². The molecule has 0 spiro atoms. The van der Waals surface area contributed by atoms with Crippen LogP contribution in [0.2, 0.25) is 0 Å². The number of hydrogen-bond donors (Lipinski definition) is 1. The fraction of sp³-hybridized carbons (Fsp3) is 0.522. The van der Waals surface area contributed by atoms with Gasteiger partial charge in [0.1, 0.15) is 0 Å². The Hall–Kier alpha value is -2.63. The summed E-state index contributed by atoms with van der Waals surface area (Å²) in [4.78, 5) is 32.3. The van der Waals surface area contributed by atoms with E-state index in [4.69, 9.17) is 0 Å². The second-order valence-corrected chi connectivity index (χ2v) is 8.33. The first-order valence-electron chi connectivity index (χ1n) is 10.9. The molecule has 1 aliphatic heterocycles. The Bertz CT molecular complexity index is 922.